The SMILES string of the molecule is Cc1ccc(/C=C/C(=O)Oc2ccc(-c3ccccc3)cc2)o1. The minimum absolute atomic E-state index is 0.438. The van der Waals surface area contributed by atoms with Gasteiger partial charge in [0.2, 0.25) is 0 Å². The summed E-state index contributed by atoms with van der Waals surface area (Å²) in [6.07, 6.45) is 2.94. The van der Waals surface area contributed by atoms with Crippen LogP contribution in [0, 0.1) is 6.92 Å². The van der Waals surface area contributed by atoms with Crippen molar-refractivity contribution in [2.75, 3.05) is 0 Å². The minimum atomic E-state index is -0.438. The van der Waals surface area contributed by atoms with Gasteiger partial charge in [-0.1, -0.05) is 42.5 Å². The number of ether oxygens (including phenoxy) is 1. The van der Waals surface area contributed by atoms with Crippen molar-refractivity contribution in [1.29, 1.82) is 0 Å². The molecule has 3 nitrogen and oxygen atoms in total. The third kappa shape index (κ3) is 3.98. The molecule has 0 saturated carbocycles. The van der Waals surface area contributed by atoms with Crippen molar-refractivity contribution in [3.63, 3.8) is 0 Å². The van der Waals surface area contributed by atoms with Crippen molar-refractivity contribution >= 4 is 12.0 Å². The Morgan fingerprint density at radius 1 is 0.913 bits per heavy atom. The quantitative estimate of drug-likeness (QED) is 0.392. The van der Waals surface area contributed by atoms with E-state index in [1.165, 1.54) is 6.08 Å². The highest BCUT2D eigenvalue weighted by atomic mass is 16.5. The van der Waals surface area contributed by atoms with Gasteiger partial charge in [0, 0.05) is 6.08 Å². The minimum Gasteiger partial charge on any atom is -0.462 e. The predicted molar refractivity (Wildman–Crippen MR) is 90.0 cm³/mol. The zero-order valence-corrected chi connectivity index (χ0v) is 12.7. The van der Waals surface area contributed by atoms with E-state index in [1.54, 1.807) is 24.3 Å². The van der Waals surface area contributed by atoms with E-state index in [-0.39, 0.29) is 0 Å². The van der Waals surface area contributed by atoms with Crippen LogP contribution >= 0.6 is 0 Å². The Kier molecular flexibility index (Phi) is 4.39. The lowest BCUT2D eigenvalue weighted by atomic mass is 10.1. The second-order valence-corrected chi connectivity index (χ2v) is 5.09. The largest absolute Gasteiger partial charge is 0.462 e. The van der Waals surface area contributed by atoms with Crippen molar-refractivity contribution in [3.8, 4) is 16.9 Å². The number of rotatable bonds is 4. The molecule has 0 fully saturated rings. The Balaban J connectivity index is 1.64. The van der Waals surface area contributed by atoms with Gasteiger partial charge in [0.25, 0.3) is 0 Å². The highest BCUT2D eigenvalue weighted by molar-refractivity contribution is 5.88. The molecule has 0 N–H and O–H groups in total. The van der Waals surface area contributed by atoms with Gasteiger partial charge in [0.15, 0.2) is 0 Å². The molecule has 0 saturated heterocycles. The van der Waals surface area contributed by atoms with Crippen molar-refractivity contribution in [1.82, 2.24) is 0 Å². The first-order valence-electron chi connectivity index (χ1n) is 7.32. The molecule has 1 heterocycles. The normalized spacial score (nSPS) is 10.8. The van der Waals surface area contributed by atoms with Gasteiger partial charge in [-0.25, -0.2) is 4.79 Å². The summed E-state index contributed by atoms with van der Waals surface area (Å²) in [4.78, 5) is 11.8. The maximum atomic E-state index is 11.8. The summed E-state index contributed by atoms with van der Waals surface area (Å²) in [6, 6.07) is 21.1. The highest BCUT2D eigenvalue weighted by Gasteiger charge is 2.03. The molecule has 0 unspecified atom stereocenters. The second kappa shape index (κ2) is 6.79. The molecule has 1 aromatic heterocycles. The molecule has 0 bridgehead atoms. The Bertz CT molecular complexity index is 812. The van der Waals surface area contributed by atoms with Gasteiger partial charge in [-0.2, -0.15) is 0 Å². The van der Waals surface area contributed by atoms with Crippen molar-refractivity contribution in [2.45, 2.75) is 6.92 Å². The molecule has 0 aliphatic heterocycles. The molecule has 0 radical (unpaired) electrons. The molecule has 23 heavy (non-hydrogen) atoms. The lowest BCUT2D eigenvalue weighted by Crippen LogP contribution is -2.03. The number of aryl methyl sites for hydroxylation is 1. The van der Waals surface area contributed by atoms with E-state index >= 15 is 0 Å². The summed E-state index contributed by atoms with van der Waals surface area (Å²) < 4.78 is 10.6. The van der Waals surface area contributed by atoms with Crippen LogP contribution in [0.3, 0.4) is 0 Å². The maximum absolute atomic E-state index is 11.8. The third-order valence-electron chi connectivity index (χ3n) is 3.32. The predicted octanol–water partition coefficient (Wildman–Crippen LogP) is 4.87. The molecule has 0 aliphatic rings. The summed E-state index contributed by atoms with van der Waals surface area (Å²) in [5, 5.41) is 0. The molecule has 114 valence electrons. The van der Waals surface area contributed by atoms with Crippen LogP contribution in [-0.4, -0.2) is 5.97 Å². The van der Waals surface area contributed by atoms with Crippen molar-refractivity contribution in [3.05, 3.63) is 84.3 Å². The van der Waals surface area contributed by atoms with Gasteiger partial charge in [0.05, 0.1) is 0 Å². The molecule has 0 spiro atoms. The maximum Gasteiger partial charge on any atom is 0.336 e. The number of furan rings is 1. The fourth-order valence-corrected chi connectivity index (χ4v) is 2.19. The molecule has 2 aromatic carbocycles. The molecule has 3 aromatic rings. The second-order valence-electron chi connectivity index (χ2n) is 5.09. The molecule has 0 amide bonds. The van der Waals surface area contributed by atoms with Gasteiger partial charge in [-0.05, 0) is 48.4 Å². The lowest BCUT2D eigenvalue weighted by Gasteiger charge is -2.04. The average Bonchev–Trinajstić information content (AvgIpc) is 3.00. The highest BCUT2D eigenvalue weighted by Crippen LogP contribution is 2.22. The number of hydrogen-bond donors (Lipinski definition) is 0. The Labute approximate surface area is 134 Å². The summed E-state index contributed by atoms with van der Waals surface area (Å²) in [6.45, 7) is 1.85. The van der Waals surface area contributed by atoms with Gasteiger partial charge < -0.3 is 9.15 Å². The van der Waals surface area contributed by atoms with E-state index in [0.29, 0.717) is 11.5 Å². The monoisotopic (exact) mass is 304 g/mol. The molecule has 3 heteroatoms. The summed E-state index contributed by atoms with van der Waals surface area (Å²) in [7, 11) is 0. The van der Waals surface area contributed by atoms with Crippen LogP contribution in [0.5, 0.6) is 5.75 Å². The van der Waals surface area contributed by atoms with E-state index in [2.05, 4.69) is 0 Å². The number of benzene rings is 2. The summed E-state index contributed by atoms with van der Waals surface area (Å²) in [5.41, 5.74) is 2.20. The Morgan fingerprint density at radius 3 is 2.26 bits per heavy atom. The van der Waals surface area contributed by atoms with Crippen LogP contribution in [0.2, 0.25) is 0 Å². The van der Waals surface area contributed by atoms with Crippen LogP contribution in [0.25, 0.3) is 17.2 Å². The van der Waals surface area contributed by atoms with E-state index in [1.807, 2.05) is 55.5 Å². The first-order chi connectivity index (χ1) is 11.2. The zero-order chi connectivity index (χ0) is 16.1. The molecule has 0 aliphatic carbocycles. The van der Waals surface area contributed by atoms with Crippen molar-refractivity contribution in [2.24, 2.45) is 0 Å². The van der Waals surface area contributed by atoms with Crippen LogP contribution in [0.1, 0.15) is 11.5 Å². The van der Waals surface area contributed by atoms with Crippen molar-refractivity contribution < 1.29 is 13.9 Å². The summed E-state index contributed by atoms with van der Waals surface area (Å²) >= 11 is 0. The number of carbonyl (C=O) groups is 1. The number of esters is 1. The van der Waals surface area contributed by atoms with Crippen LogP contribution in [-0.2, 0) is 4.79 Å². The van der Waals surface area contributed by atoms with E-state index < -0.39 is 5.97 Å². The van der Waals surface area contributed by atoms with E-state index in [0.717, 1.165) is 16.9 Å². The lowest BCUT2D eigenvalue weighted by molar-refractivity contribution is -0.128. The van der Waals surface area contributed by atoms with Crippen LogP contribution in [0.15, 0.2) is 77.2 Å². The molecule has 3 rings (SSSR count). The third-order valence-corrected chi connectivity index (χ3v) is 3.32. The zero-order valence-electron chi connectivity index (χ0n) is 12.7. The number of carbonyl (C=O) groups excluding carboxylic acids is 1. The smallest absolute Gasteiger partial charge is 0.336 e. The molecular weight excluding hydrogens is 288 g/mol. The van der Waals surface area contributed by atoms with Crippen LogP contribution in [0.4, 0.5) is 0 Å². The summed E-state index contributed by atoms with van der Waals surface area (Å²) in [5.74, 6) is 1.50. The Hall–Kier alpha value is -3.07. The average molecular weight is 304 g/mol. The standard InChI is InChI=1S/C20H16O3/c1-15-7-10-18(22-15)13-14-20(21)23-19-11-8-17(9-12-19)16-5-3-2-4-6-16/h2-14H,1H3/b14-13+. The topological polar surface area (TPSA) is 39.4 Å². The van der Waals surface area contributed by atoms with Crippen LogP contribution < -0.4 is 4.74 Å². The van der Waals surface area contributed by atoms with E-state index in [4.69, 9.17) is 9.15 Å². The first kappa shape index (κ1) is 14.9. The van der Waals surface area contributed by atoms with Gasteiger partial charge >= 0.3 is 5.97 Å². The van der Waals surface area contributed by atoms with Gasteiger partial charge in [0.1, 0.15) is 17.3 Å². The first-order valence-corrected chi connectivity index (χ1v) is 7.32. The number of hydrogen-bond acceptors (Lipinski definition) is 3. The van der Waals surface area contributed by atoms with Gasteiger partial charge in [-0.3, -0.25) is 0 Å². The fourth-order valence-electron chi connectivity index (χ4n) is 2.19. The Morgan fingerprint density at radius 2 is 1.61 bits per heavy atom. The van der Waals surface area contributed by atoms with Gasteiger partial charge in [-0.15, -0.1) is 0 Å². The fraction of sp³-hybridized carbons (Fsp3) is 0.0500. The molecular formula is C20H16O3. The molecule has 0 atom stereocenters. The van der Waals surface area contributed by atoms with E-state index in [9.17, 15) is 4.79 Å².